The summed E-state index contributed by atoms with van der Waals surface area (Å²) in [5.74, 6) is 6.47. The van der Waals surface area contributed by atoms with Crippen LogP contribution in [0.4, 0.5) is 0 Å². The fourth-order valence-electron chi connectivity index (χ4n) is 2.25. The van der Waals surface area contributed by atoms with Crippen molar-refractivity contribution in [2.24, 2.45) is 5.84 Å². The minimum atomic E-state index is -0.174. The maximum absolute atomic E-state index is 5.74. The molecule has 1 aromatic heterocycles. The van der Waals surface area contributed by atoms with E-state index in [0.717, 1.165) is 23.4 Å². The second kappa shape index (κ2) is 6.31. The lowest BCUT2D eigenvalue weighted by Gasteiger charge is -2.20. The van der Waals surface area contributed by atoms with Gasteiger partial charge in [0.2, 0.25) is 0 Å². The fourth-order valence-corrected chi connectivity index (χ4v) is 2.25. The predicted molar refractivity (Wildman–Crippen MR) is 75.8 cm³/mol. The van der Waals surface area contributed by atoms with Gasteiger partial charge < -0.3 is 4.74 Å². The molecular formula is C15H19N3O. The average molecular weight is 257 g/mol. The molecule has 0 aliphatic rings. The number of pyridine rings is 1. The molecule has 0 aliphatic carbocycles. The van der Waals surface area contributed by atoms with Crippen molar-refractivity contribution in [1.82, 2.24) is 10.4 Å². The molecule has 1 aromatic carbocycles. The number of hydrogen-bond donors (Lipinski definition) is 2. The Kier molecular flexibility index (Phi) is 4.49. The maximum atomic E-state index is 5.74. The summed E-state index contributed by atoms with van der Waals surface area (Å²) in [5.41, 5.74) is 6.02. The van der Waals surface area contributed by atoms with E-state index >= 15 is 0 Å². The Morgan fingerprint density at radius 2 is 2.05 bits per heavy atom. The summed E-state index contributed by atoms with van der Waals surface area (Å²) in [6, 6.07) is 11.8. The molecule has 1 unspecified atom stereocenters. The van der Waals surface area contributed by atoms with Crippen LogP contribution < -0.4 is 16.0 Å². The first-order valence-electron chi connectivity index (χ1n) is 6.34. The van der Waals surface area contributed by atoms with E-state index < -0.39 is 0 Å². The number of hydrogen-bond acceptors (Lipinski definition) is 4. The summed E-state index contributed by atoms with van der Waals surface area (Å²) in [7, 11) is 1.64. The SMILES string of the molecule is CCc1ccccc1C(NN)c1ncccc1OC. The molecule has 2 rings (SSSR count). The molecule has 1 atom stereocenters. The third kappa shape index (κ3) is 2.75. The van der Waals surface area contributed by atoms with Crippen LogP contribution in [0.1, 0.15) is 29.8 Å². The van der Waals surface area contributed by atoms with Crippen LogP contribution in [0, 0.1) is 0 Å². The number of ether oxygens (including phenoxy) is 1. The predicted octanol–water partition coefficient (Wildman–Crippen LogP) is 2.21. The molecule has 0 fully saturated rings. The van der Waals surface area contributed by atoms with Gasteiger partial charge in [-0.2, -0.15) is 0 Å². The Hall–Kier alpha value is -1.91. The zero-order valence-corrected chi connectivity index (χ0v) is 11.3. The first-order chi connectivity index (χ1) is 9.31. The minimum absolute atomic E-state index is 0.174. The van der Waals surface area contributed by atoms with Crippen molar-refractivity contribution < 1.29 is 4.74 Å². The van der Waals surface area contributed by atoms with Crippen LogP contribution in [-0.4, -0.2) is 12.1 Å². The molecule has 100 valence electrons. The Labute approximate surface area is 113 Å². The summed E-state index contributed by atoms with van der Waals surface area (Å²) in [5, 5.41) is 0. The molecule has 4 heteroatoms. The molecule has 0 spiro atoms. The summed E-state index contributed by atoms with van der Waals surface area (Å²) in [6.45, 7) is 2.13. The summed E-state index contributed by atoms with van der Waals surface area (Å²) in [6.07, 6.45) is 2.69. The van der Waals surface area contributed by atoms with Crippen molar-refractivity contribution in [3.8, 4) is 5.75 Å². The Morgan fingerprint density at radius 1 is 1.26 bits per heavy atom. The summed E-state index contributed by atoms with van der Waals surface area (Å²) < 4.78 is 5.37. The molecule has 0 amide bonds. The van der Waals surface area contributed by atoms with Crippen LogP contribution in [0.5, 0.6) is 5.75 Å². The Morgan fingerprint density at radius 3 is 2.74 bits per heavy atom. The number of nitrogens with zero attached hydrogens (tertiary/aromatic N) is 1. The second-order valence-electron chi connectivity index (χ2n) is 4.24. The van der Waals surface area contributed by atoms with Crippen LogP contribution in [-0.2, 0) is 6.42 Å². The number of nitrogens with two attached hydrogens (primary N) is 1. The van der Waals surface area contributed by atoms with Gasteiger partial charge in [0.15, 0.2) is 0 Å². The van der Waals surface area contributed by atoms with Gasteiger partial charge in [0.25, 0.3) is 0 Å². The normalized spacial score (nSPS) is 12.2. The molecule has 0 bridgehead atoms. The van der Waals surface area contributed by atoms with Crippen molar-refractivity contribution in [2.45, 2.75) is 19.4 Å². The monoisotopic (exact) mass is 257 g/mol. The van der Waals surface area contributed by atoms with E-state index in [4.69, 9.17) is 10.6 Å². The van der Waals surface area contributed by atoms with E-state index in [1.54, 1.807) is 13.3 Å². The highest BCUT2D eigenvalue weighted by molar-refractivity contribution is 5.40. The van der Waals surface area contributed by atoms with Gasteiger partial charge in [-0.3, -0.25) is 10.8 Å². The number of rotatable bonds is 5. The molecular weight excluding hydrogens is 238 g/mol. The zero-order chi connectivity index (χ0) is 13.7. The zero-order valence-electron chi connectivity index (χ0n) is 11.3. The summed E-state index contributed by atoms with van der Waals surface area (Å²) in [4.78, 5) is 4.40. The highest BCUT2D eigenvalue weighted by Crippen LogP contribution is 2.29. The highest BCUT2D eigenvalue weighted by atomic mass is 16.5. The summed E-state index contributed by atoms with van der Waals surface area (Å²) >= 11 is 0. The van der Waals surface area contributed by atoms with Gasteiger partial charge in [-0.05, 0) is 29.7 Å². The quantitative estimate of drug-likeness (QED) is 0.637. The van der Waals surface area contributed by atoms with Crippen molar-refractivity contribution >= 4 is 0 Å². The minimum Gasteiger partial charge on any atom is -0.495 e. The van der Waals surface area contributed by atoms with E-state index in [1.807, 2.05) is 24.3 Å². The molecule has 2 aromatic rings. The largest absolute Gasteiger partial charge is 0.495 e. The smallest absolute Gasteiger partial charge is 0.142 e. The van der Waals surface area contributed by atoms with E-state index in [2.05, 4.69) is 29.5 Å². The van der Waals surface area contributed by atoms with Crippen LogP contribution in [0.3, 0.4) is 0 Å². The lowest BCUT2D eigenvalue weighted by molar-refractivity contribution is 0.400. The molecule has 4 nitrogen and oxygen atoms in total. The molecule has 3 N–H and O–H groups in total. The Bertz CT molecular complexity index is 495. The second-order valence-corrected chi connectivity index (χ2v) is 4.24. The van der Waals surface area contributed by atoms with Crippen LogP contribution >= 0.6 is 0 Å². The van der Waals surface area contributed by atoms with E-state index in [9.17, 15) is 0 Å². The molecule has 0 saturated heterocycles. The van der Waals surface area contributed by atoms with Crippen molar-refractivity contribution in [2.75, 3.05) is 7.11 Å². The highest BCUT2D eigenvalue weighted by Gasteiger charge is 2.20. The first-order valence-corrected chi connectivity index (χ1v) is 6.34. The molecule has 0 saturated carbocycles. The number of nitrogens with one attached hydrogen (secondary N) is 1. The number of methoxy groups -OCH3 is 1. The number of aromatic nitrogens is 1. The van der Waals surface area contributed by atoms with E-state index in [1.165, 1.54) is 5.56 Å². The van der Waals surface area contributed by atoms with Gasteiger partial charge in [0, 0.05) is 6.20 Å². The Balaban J connectivity index is 2.50. The lowest BCUT2D eigenvalue weighted by atomic mass is 9.96. The molecule has 19 heavy (non-hydrogen) atoms. The molecule has 1 heterocycles. The maximum Gasteiger partial charge on any atom is 0.142 e. The first kappa shape index (κ1) is 13.5. The number of hydrazine groups is 1. The number of aryl methyl sites for hydroxylation is 1. The van der Waals surface area contributed by atoms with Crippen molar-refractivity contribution in [3.63, 3.8) is 0 Å². The van der Waals surface area contributed by atoms with Gasteiger partial charge in [0.1, 0.15) is 11.4 Å². The standard InChI is InChI=1S/C15H19N3O/c1-3-11-7-4-5-8-12(11)14(18-16)15-13(19-2)9-6-10-17-15/h4-10,14,18H,3,16H2,1-2H3. The fraction of sp³-hybridized carbons (Fsp3) is 0.267. The molecule has 0 radical (unpaired) electrons. The van der Waals surface area contributed by atoms with Crippen molar-refractivity contribution in [3.05, 3.63) is 59.4 Å². The van der Waals surface area contributed by atoms with Gasteiger partial charge in [-0.15, -0.1) is 0 Å². The topological polar surface area (TPSA) is 60.2 Å². The van der Waals surface area contributed by atoms with Gasteiger partial charge in [-0.25, -0.2) is 5.43 Å². The van der Waals surface area contributed by atoms with E-state index in [0.29, 0.717) is 0 Å². The van der Waals surface area contributed by atoms with Crippen LogP contribution in [0.15, 0.2) is 42.6 Å². The third-order valence-electron chi connectivity index (χ3n) is 3.21. The number of benzene rings is 1. The van der Waals surface area contributed by atoms with Gasteiger partial charge >= 0.3 is 0 Å². The van der Waals surface area contributed by atoms with Gasteiger partial charge in [0.05, 0.1) is 13.2 Å². The average Bonchev–Trinajstić information content (AvgIpc) is 2.49. The third-order valence-corrected chi connectivity index (χ3v) is 3.21. The van der Waals surface area contributed by atoms with Crippen LogP contribution in [0.25, 0.3) is 0 Å². The van der Waals surface area contributed by atoms with E-state index in [-0.39, 0.29) is 6.04 Å². The van der Waals surface area contributed by atoms with Crippen LogP contribution in [0.2, 0.25) is 0 Å². The van der Waals surface area contributed by atoms with Gasteiger partial charge in [-0.1, -0.05) is 31.2 Å². The van der Waals surface area contributed by atoms with Crippen molar-refractivity contribution in [1.29, 1.82) is 0 Å². The lowest BCUT2D eigenvalue weighted by Crippen LogP contribution is -2.30. The molecule has 0 aliphatic heterocycles.